The van der Waals surface area contributed by atoms with E-state index >= 15 is 0 Å². The number of ether oxygens (including phenoxy) is 1. The van der Waals surface area contributed by atoms with Crippen molar-refractivity contribution in [3.05, 3.63) is 30.1 Å². The van der Waals surface area contributed by atoms with E-state index < -0.39 is 5.60 Å². The number of hydrogen-bond acceptors (Lipinski definition) is 4. The Bertz CT molecular complexity index is 549. The lowest BCUT2D eigenvalue weighted by Crippen LogP contribution is -2.62. The maximum absolute atomic E-state index is 13.1. The SMILES string of the molecule is CCN(CC)CC1CCC2(O)C(Nc3ccc(F)cc3)CCCC2O1. The molecule has 1 aromatic carbocycles. The van der Waals surface area contributed by atoms with Crippen molar-refractivity contribution in [1.82, 2.24) is 4.90 Å². The van der Waals surface area contributed by atoms with Crippen LogP contribution in [0.4, 0.5) is 10.1 Å². The molecule has 1 aliphatic carbocycles. The summed E-state index contributed by atoms with van der Waals surface area (Å²) in [5, 5.41) is 14.8. The number of nitrogens with zero attached hydrogens (tertiary/aromatic N) is 1. The monoisotopic (exact) mass is 350 g/mol. The molecule has 140 valence electrons. The van der Waals surface area contributed by atoms with E-state index in [0.29, 0.717) is 0 Å². The highest BCUT2D eigenvalue weighted by Crippen LogP contribution is 2.41. The van der Waals surface area contributed by atoms with Crippen LogP contribution in [0, 0.1) is 5.82 Å². The summed E-state index contributed by atoms with van der Waals surface area (Å²) in [5.41, 5.74) is 0.0117. The van der Waals surface area contributed by atoms with Crippen LogP contribution in [0.1, 0.15) is 46.0 Å². The van der Waals surface area contributed by atoms with Crippen LogP contribution in [0.3, 0.4) is 0 Å². The van der Waals surface area contributed by atoms with Crippen LogP contribution in [-0.2, 0) is 4.74 Å². The van der Waals surface area contributed by atoms with Crippen molar-refractivity contribution in [3.8, 4) is 0 Å². The Hall–Kier alpha value is -1.17. The molecule has 4 nitrogen and oxygen atoms in total. The average Bonchev–Trinajstić information content (AvgIpc) is 2.62. The largest absolute Gasteiger partial charge is 0.385 e. The third kappa shape index (κ3) is 4.15. The van der Waals surface area contributed by atoms with Crippen molar-refractivity contribution in [3.63, 3.8) is 0 Å². The topological polar surface area (TPSA) is 44.7 Å². The van der Waals surface area contributed by atoms with E-state index in [-0.39, 0.29) is 24.1 Å². The summed E-state index contributed by atoms with van der Waals surface area (Å²) in [6.07, 6.45) is 4.57. The van der Waals surface area contributed by atoms with E-state index in [2.05, 4.69) is 24.1 Å². The summed E-state index contributed by atoms with van der Waals surface area (Å²) >= 11 is 0. The number of rotatable bonds is 6. The molecule has 1 aromatic rings. The number of fused-ring (bicyclic) bond motifs is 1. The number of aliphatic hydroxyl groups is 1. The third-order valence-electron chi connectivity index (χ3n) is 5.88. The molecule has 0 spiro atoms. The van der Waals surface area contributed by atoms with Crippen LogP contribution < -0.4 is 5.32 Å². The first kappa shape index (κ1) is 18.6. The quantitative estimate of drug-likeness (QED) is 0.825. The van der Waals surface area contributed by atoms with Crippen molar-refractivity contribution in [2.75, 3.05) is 25.0 Å². The number of anilines is 1. The Balaban J connectivity index is 1.65. The number of halogens is 1. The molecule has 1 saturated heterocycles. The summed E-state index contributed by atoms with van der Waals surface area (Å²) in [7, 11) is 0. The summed E-state index contributed by atoms with van der Waals surface area (Å²) in [6.45, 7) is 7.34. The first-order valence-electron chi connectivity index (χ1n) is 9.67. The van der Waals surface area contributed by atoms with Gasteiger partial charge in [0.15, 0.2) is 0 Å². The number of hydrogen-bond donors (Lipinski definition) is 2. The van der Waals surface area contributed by atoms with Gasteiger partial charge in [-0.15, -0.1) is 0 Å². The van der Waals surface area contributed by atoms with Crippen molar-refractivity contribution < 1.29 is 14.2 Å². The van der Waals surface area contributed by atoms with Crippen molar-refractivity contribution in [2.24, 2.45) is 0 Å². The first-order chi connectivity index (χ1) is 12.0. The predicted molar refractivity (Wildman–Crippen MR) is 98.3 cm³/mol. The molecule has 4 atom stereocenters. The summed E-state index contributed by atoms with van der Waals surface area (Å²) in [4.78, 5) is 2.38. The predicted octanol–water partition coefficient (Wildman–Crippen LogP) is 3.41. The molecular formula is C20H31FN2O2. The molecule has 2 aliphatic rings. The lowest BCUT2D eigenvalue weighted by molar-refractivity contribution is -0.198. The van der Waals surface area contributed by atoms with Gasteiger partial charge in [-0.2, -0.15) is 0 Å². The molecule has 5 heteroatoms. The molecule has 1 saturated carbocycles. The van der Waals surface area contributed by atoms with Gasteiger partial charge < -0.3 is 20.1 Å². The van der Waals surface area contributed by atoms with Crippen LogP contribution in [-0.4, -0.2) is 53.5 Å². The molecule has 4 unspecified atom stereocenters. The molecule has 0 amide bonds. The maximum atomic E-state index is 13.1. The summed E-state index contributed by atoms with van der Waals surface area (Å²) in [5.74, 6) is -0.244. The van der Waals surface area contributed by atoms with Gasteiger partial charge in [0, 0.05) is 12.2 Å². The van der Waals surface area contributed by atoms with Gasteiger partial charge in [0.1, 0.15) is 11.4 Å². The molecular weight excluding hydrogens is 319 g/mol. The van der Waals surface area contributed by atoms with Crippen molar-refractivity contribution in [1.29, 1.82) is 0 Å². The smallest absolute Gasteiger partial charge is 0.123 e. The number of benzene rings is 1. The Labute approximate surface area is 150 Å². The Morgan fingerprint density at radius 3 is 2.60 bits per heavy atom. The fraction of sp³-hybridized carbons (Fsp3) is 0.700. The lowest BCUT2D eigenvalue weighted by Gasteiger charge is -2.51. The first-order valence-corrected chi connectivity index (χ1v) is 9.67. The van der Waals surface area contributed by atoms with E-state index in [1.54, 1.807) is 12.1 Å². The van der Waals surface area contributed by atoms with E-state index in [9.17, 15) is 9.50 Å². The fourth-order valence-corrected chi connectivity index (χ4v) is 4.29. The van der Waals surface area contributed by atoms with Gasteiger partial charge in [0.2, 0.25) is 0 Å². The zero-order valence-electron chi connectivity index (χ0n) is 15.4. The summed E-state index contributed by atoms with van der Waals surface area (Å²) in [6, 6.07) is 6.31. The minimum atomic E-state index is -0.841. The van der Waals surface area contributed by atoms with Crippen LogP contribution in [0.15, 0.2) is 24.3 Å². The molecule has 0 bridgehead atoms. The van der Waals surface area contributed by atoms with Crippen LogP contribution in [0.25, 0.3) is 0 Å². The third-order valence-corrected chi connectivity index (χ3v) is 5.88. The second-order valence-electron chi connectivity index (χ2n) is 7.40. The van der Waals surface area contributed by atoms with E-state index in [1.165, 1.54) is 12.1 Å². The van der Waals surface area contributed by atoms with Crippen molar-refractivity contribution >= 4 is 5.69 Å². The highest BCUT2D eigenvalue weighted by molar-refractivity contribution is 5.45. The van der Waals surface area contributed by atoms with Gasteiger partial charge in [-0.25, -0.2) is 4.39 Å². The second kappa shape index (κ2) is 8.02. The molecule has 0 aromatic heterocycles. The van der Waals surface area contributed by atoms with Gasteiger partial charge in [0.05, 0.1) is 18.2 Å². The molecule has 0 radical (unpaired) electrons. The van der Waals surface area contributed by atoms with Crippen molar-refractivity contribution in [2.45, 2.75) is 69.8 Å². The standard InChI is InChI=1S/C20H31FN2O2/c1-3-23(4-2)14-17-12-13-20(24)18(6-5-7-19(20)25-17)22-16-10-8-15(21)9-11-16/h8-11,17-19,22,24H,3-7,12-14H2,1-2H3. The van der Waals surface area contributed by atoms with E-state index in [4.69, 9.17) is 4.74 Å². The van der Waals surface area contributed by atoms with Crippen LogP contribution in [0.2, 0.25) is 0 Å². The molecule has 2 fully saturated rings. The highest BCUT2D eigenvalue weighted by atomic mass is 19.1. The second-order valence-corrected chi connectivity index (χ2v) is 7.40. The molecule has 1 heterocycles. The molecule has 25 heavy (non-hydrogen) atoms. The van der Waals surface area contributed by atoms with Gasteiger partial charge in [-0.1, -0.05) is 13.8 Å². The normalized spacial score (nSPS) is 32.4. The van der Waals surface area contributed by atoms with E-state index in [1.807, 2.05) is 0 Å². The maximum Gasteiger partial charge on any atom is 0.123 e. The van der Waals surface area contributed by atoms with Crippen LogP contribution >= 0.6 is 0 Å². The number of likely N-dealkylation sites (N-methyl/N-ethyl adjacent to an activating group) is 1. The Kier molecular flexibility index (Phi) is 5.97. The molecule has 1 aliphatic heterocycles. The minimum absolute atomic E-state index is 0.0499. The minimum Gasteiger partial charge on any atom is -0.385 e. The Morgan fingerprint density at radius 1 is 1.20 bits per heavy atom. The van der Waals surface area contributed by atoms with Gasteiger partial charge in [-0.05, 0) is 69.5 Å². The number of nitrogens with one attached hydrogen (secondary N) is 1. The zero-order valence-corrected chi connectivity index (χ0v) is 15.4. The van der Waals surface area contributed by atoms with Crippen LogP contribution in [0.5, 0.6) is 0 Å². The van der Waals surface area contributed by atoms with Gasteiger partial charge in [0.25, 0.3) is 0 Å². The van der Waals surface area contributed by atoms with Gasteiger partial charge >= 0.3 is 0 Å². The highest BCUT2D eigenvalue weighted by Gasteiger charge is 2.50. The lowest BCUT2D eigenvalue weighted by atomic mass is 9.73. The zero-order chi connectivity index (χ0) is 17.9. The van der Waals surface area contributed by atoms with E-state index in [0.717, 1.165) is 57.4 Å². The average molecular weight is 350 g/mol. The molecule has 2 N–H and O–H groups in total. The van der Waals surface area contributed by atoms with Gasteiger partial charge in [-0.3, -0.25) is 0 Å². The fourth-order valence-electron chi connectivity index (χ4n) is 4.29. The Morgan fingerprint density at radius 2 is 1.92 bits per heavy atom. The molecule has 3 rings (SSSR count). The summed E-state index contributed by atoms with van der Waals surface area (Å²) < 4.78 is 19.4.